The van der Waals surface area contributed by atoms with Gasteiger partial charge in [0.15, 0.2) is 0 Å². The van der Waals surface area contributed by atoms with Crippen LogP contribution in [0.4, 0.5) is 13.2 Å². The Kier molecular flexibility index (Phi) is 3.99. The highest BCUT2D eigenvalue weighted by atomic mass is 19.4. The lowest BCUT2D eigenvalue weighted by Crippen LogP contribution is -2.17. The number of alkyl halides is 3. The molecule has 0 aliphatic rings. The Morgan fingerprint density at radius 1 is 1.00 bits per heavy atom. The zero-order valence-corrected chi connectivity index (χ0v) is 10.9. The van der Waals surface area contributed by atoms with Crippen LogP contribution in [0.1, 0.15) is 11.1 Å². The van der Waals surface area contributed by atoms with Crippen LogP contribution in [0, 0.1) is 6.92 Å². The first-order valence-electron chi connectivity index (χ1n) is 6.04. The topological polar surface area (TPSA) is 35.2 Å². The van der Waals surface area contributed by atoms with E-state index in [0.29, 0.717) is 11.1 Å². The summed E-state index contributed by atoms with van der Waals surface area (Å²) in [7, 11) is 0. The van der Waals surface area contributed by atoms with Crippen LogP contribution in [0.15, 0.2) is 42.5 Å². The van der Waals surface area contributed by atoms with Gasteiger partial charge in [-0.05, 0) is 41.8 Å². The third-order valence-corrected chi connectivity index (χ3v) is 2.82. The molecule has 0 spiro atoms. The van der Waals surface area contributed by atoms with Crippen molar-refractivity contribution in [3.05, 3.63) is 53.6 Å². The van der Waals surface area contributed by atoms with Gasteiger partial charge in [0.2, 0.25) is 0 Å². The van der Waals surface area contributed by atoms with E-state index in [4.69, 9.17) is 5.73 Å². The molecule has 2 N–H and O–H groups in total. The number of nitrogens with two attached hydrogens (primary N) is 1. The van der Waals surface area contributed by atoms with Crippen molar-refractivity contribution in [1.29, 1.82) is 0 Å². The maximum Gasteiger partial charge on any atom is 0.573 e. The van der Waals surface area contributed by atoms with Crippen molar-refractivity contribution in [3.8, 4) is 16.9 Å². The first-order chi connectivity index (χ1) is 9.37. The predicted octanol–water partition coefficient (Wildman–Crippen LogP) is 4.02. The van der Waals surface area contributed by atoms with Gasteiger partial charge in [0.1, 0.15) is 5.75 Å². The van der Waals surface area contributed by atoms with Gasteiger partial charge in [0.25, 0.3) is 0 Å². The average molecular weight is 281 g/mol. The summed E-state index contributed by atoms with van der Waals surface area (Å²) in [6, 6.07) is 11.9. The zero-order valence-electron chi connectivity index (χ0n) is 10.9. The molecule has 2 rings (SSSR count). The van der Waals surface area contributed by atoms with Crippen LogP contribution in [-0.2, 0) is 6.54 Å². The molecule has 20 heavy (non-hydrogen) atoms. The normalized spacial score (nSPS) is 11.4. The van der Waals surface area contributed by atoms with Crippen LogP contribution >= 0.6 is 0 Å². The predicted molar refractivity (Wildman–Crippen MR) is 71.2 cm³/mol. The lowest BCUT2D eigenvalue weighted by Gasteiger charge is -2.12. The molecule has 0 saturated carbocycles. The fourth-order valence-corrected chi connectivity index (χ4v) is 1.88. The van der Waals surface area contributed by atoms with Gasteiger partial charge in [0, 0.05) is 6.54 Å². The smallest absolute Gasteiger partial charge is 0.406 e. The van der Waals surface area contributed by atoms with Crippen molar-refractivity contribution >= 4 is 0 Å². The number of aryl methyl sites for hydroxylation is 1. The second-order valence-corrected chi connectivity index (χ2v) is 4.48. The van der Waals surface area contributed by atoms with Gasteiger partial charge in [0.05, 0.1) is 0 Å². The van der Waals surface area contributed by atoms with E-state index < -0.39 is 6.36 Å². The van der Waals surface area contributed by atoms with Gasteiger partial charge in [-0.15, -0.1) is 13.2 Å². The second-order valence-electron chi connectivity index (χ2n) is 4.48. The molecule has 0 radical (unpaired) electrons. The van der Waals surface area contributed by atoms with Crippen molar-refractivity contribution in [1.82, 2.24) is 0 Å². The van der Waals surface area contributed by atoms with Crippen LogP contribution in [0.3, 0.4) is 0 Å². The maximum atomic E-state index is 12.3. The highest BCUT2D eigenvalue weighted by molar-refractivity contribution is 5.66. The molecule has 5 heteroatoms. The SMILES string of the molecule is Cc1ccc(-c2cc(CN)cc(OC(F)(F)F)c2)cc1. The zero-order chi connectivity index (χ0) is 14.8. The third kappa shape index (κ3) is 3.74. The first-order valence-corrected chi connectivity index (χ1v) is 6.04. The molecule has 0 heterocycles. The molecule has 0 atom stereocenters. The van der Waals surface area contributed by atoms with E-state index in [-0.39, 0.29) is 12.3 Å². The highest BCUT2D eigenvalue weighted by Gasteiger charge is 2.31. The van der Waals surface area contributed by atoms with Crippen molar-refractivity contribution < 1.29 is 17.9 Å². The van der Waals surface area contributed by atoms with Crippen molar-refractivity contribution in [2.45, 2.75) is 19.8 Å². The van der Waals surface area contributed by atoms with Crippen LogP contribution in [-0.4, -0.2) is 6.36 Å². The van der Waals surface area contributed by atoms with E-state index in [1.165, 1.54) is 12.1 Å². The van der Waals surface area contributed by atoms with E-state index in [1.807, 2.05) is 31.2 Å². The summed E-state index contributed by atoms with van der Waals surface area (Å²) >= 11 is 0. The molecule has 2 nitrogen and oxygen atoms in total. The standard InChI is InChI=1S/C15H14F3NO/c1-10-2-4-12(5-3-10)13-6-11(9-19)7-14(8-13)20-15(16,17)18/h2-8H,9,19H2,1H3. The monoisotopic (exact) mass is 281 g/mol. The lowest BCUT2D eigenvalue weighted by molar-refractivity contribution is -0.274. The molecule has 0 fully saturated rings. The summed E-state index contributed by atoms with van der Waals surface area (Å²) in [4.78, 5) is 0. The summed E-state index contributed by atoms with van der Waals surface area (Å²) < 4.78 is 40.9. The summed E-state index contributed by atoms with van der Waals surface area (Å²) in [5, 5.41) is 0. The molecule has 2 aromatic carbocycles. The number of halogens is 3. The van der Waals surface area contributed by atoms with Crippen LogP contribution in [0.2, 0.25) is 0 Å². The fraction of sp³-hybridized carbons (Fsp3) is 0.200. The minimum Gasteiger partial charge on any atom is -0.406 e. The largest absolute Gasteiger partial charge is 0.573 e. The Balaban J connectivity index is 2.42. The van der Waals surface area contributed by atoms with Crippen molar-refractivity contribution in [3.63, 3.8) is 0 Å². The van der Waals surface area contributed by atoms with Gasteiger partial charge >= 0.3 is 6.36 Å². The van der Waals surface area contributed by atoms with Crippen LogP contribution < -0.4 is 10.5 Å². The molecule has 0 aromatic heterocycles. The number of rotatable bonds is 3. The van der Waals surface area contributed by atoms with Crippen molar-refractivity contribution in [2.75, 3.05) is 0 Å². The summed E-state index contributed by atoms with van der Waals surface area (Å²) in [5.74, 6) is -0.254. The van der Waals surface area contributed by atoms with Gasteiger partial charge < -0.3 is 10.5 Å². The molecule has 0 unspecified atom stereocenters. The lowest BCUT2D eigenvalue weighted by atomic mass is 10.0. The van der Waals surface area contributed by atoms with E-state index in [2.05, 4.69) is 4.74 Å². The number of hydrogen-bond donors (Lipinski definition) is 1. The molecule has 0 bridgehead atoms. The Hall–Kier alpha value is -2.01. The van der Waals surface area contributed by atoms with Crippen LogP contribution in [0.5, 0.6) is 5.75 Å². The maximum absolute atomic E-state index is 12.3. The van der Waals surface area contributed by atoms with E-state index >= 15 is 0 Å². The average Bonchev–Trinajstić information content (AvgIpc) is 2.37. The Morgan fingerprint density at radius 3 is 2.20 bits per heavy atom. The molecule has 0 amide bonds. The van der Waals surface area contributed by atoms with Gasteiger partial charge in [-0.2, -0.15) is 0 Å². The summed E-state index contributed by atoms with van der Waals surface area (Å²) in [6.45, 7) is 2.09. The molecular weight excluding hydrogens is 267 g/mol. The van der Waals surface area contributed by atoms with E-state index in [0.717, 1.165) is 11.1 Å². The Morgan fingerprint density at radius 2 is 1.65 bits per heavy atom. The van der Waals surface area contributed by atoms with Crippen molar-refractivity contribution in [2.24, 2.45) is 5.73 Å². The molecule has 0 aliphatic heterocycles. The van der Waals surface area contributed by atoms with Gasteiger partial charge in [-0.3, -0.25) is 0 Å². The molecule has 106 valence electrons. The number of ether oxygens (including phenoxy) is 1. The summed E-state index contributed by atoms with van der Waals surface area (Å²) in [6.07, 6.45) is -4.71. The van der Waals surface area contributed by atoms with Crippen LogP contribution in [0.25, 0.3) is 11.1 Å². The molecular formula is C15H14F3NO. The number of benzene rings is 2. The molecule has 2 aromatic rings. The molecule has 0 aliphatic carbocycles. The van der Waals surface area contributed by atoms with Gasteiger partial charge in [-0.1, -0.05) is 29.8 Å². The minimum atomic E-state index is -4.71. The quantitative estimate of drug-likeness (QED) is 0.922. The first kappa shape index (κ1) is 14.4. The Labute approximate surface area is 115 Å². The Bertz CT molecular complexity index is 591. The van der Waals surface area contributed by atoms with E-state index in [1.54, 1.807) is 6.07 Å². The second kappa shape index (κ2) is 5.54. The summed E-state index contributed by atoms with van der Waals surface area (Å²) in [5.41, 5.74) is 8.64. The fourth-order valence-electron chi connectivity index (χ4n) is 1.88. The van der Waals surface area contributed by atoms with Gasteiger partial charge in [-0.25, -0.2) is 0 Å². The molecule has 0 saturated heterocycles. The minimum absolute atomic E-state index is 0.147. The number of hydrogen-bond acceptors (Lipinski definition) is 2. The van der Waals surface area contributed by atoms with E-state index in [9.17, 15) is 13.2 Å². The third-order valence-electron chi connectivity index (χ3n) is 2.82. The highest BCUT2D eigenvalue weighted by Crippen LogP contribution is 2.29.